The van der Waals surface area contributed by atoms with E-state index in [4.69, 9.17) is 5.73 Å². The summed E-state index contributed by atoms with van der Waals surface area (Å²) >= 11 is 0. The maximum absolute atomic E-state index is 5.77. The fourth-order valence-electron chi connectivity index (χ4n) is 2.24. The van der Waals surface area contributed by atoms with Gasteiger partial charge in [-0.05, 0) is 32.2 Å². The number of nitrogens with zero attached hydrogens (tertiary/aromatic N) is 1. The van der Waals surface area contributed by atoms with E-state index < -0.39 is 0 Å². The van der Waals surface area contributed by atoms with Gasteiger partial charge in [0, 0.05) is 18.6 Å². The van der Waals surface area contributed by atoms with Crippen LogP contribution in [0.5, 0.6) is 0 Å². The molecule has 0 bridgehead atoms. The smallest absolute Gasteiger partial charge is 0.0244 e. The summed E-state index contributed by atoms with van der Waals surface area (Å²) in [5.41, 5.74) is 5.77. The number of hydrogen-bond acceptors (Lipinski definition) is 2. The summed E-state index contributed by atoms with van der Waals surface area (Å²) in [6, 6.07) is 1.35. The quantitative estimate of drug-likeness (QED) is 0.694. The molecule has 1 heterocycles. The van der Waals surface area contributed by atoms with Crippen LogP contribution in [0.25, 0.3) is 0 Å². The second-order valence-corrected chi connectivity index (χ2v) is 4.28. The zero-order chi connectivity index (χ0) is 9.14. The van der Waals surface area contributed by atoms with Gasteiger partial charge in [0.15, 0.2) is 0 Å². The Hall–Kier alpha value is -0.0800. The Bertz CT molecular complexity index is 134. The van der Waals surface area contributed by atoms with Crippen LogP contribution < -0.4 is 5.73 Å². The van der Waals surface area contributed by atoms with E-state index in [9.17, 15) is 0 Å². The van der Waals surface area contributed by atoms with E-state index in [1.165, 1.54) is 19.4 Å². The molecule has 0 aromatic heterocycles. The van der Waals surface area contributed by atoms with E-state index >= 15 is 0 Å². The summed E-state index contributed by atoms with van der Waals surface area (Å²) in [5, 5.41) is 0. The molecule has 0 aromatic rings. The first-order valence-corrected chi connectivity index (χ1v) is 5.12. The SMILES string of the molecule is CC(C)C(CN)N1CCCC1C. The largest absolute Gasteiger partial charge is 0.329 e. The summed E-state index contributed by atoms with van der Waals surface area (Å²) in [6.07, 6.45) is 2.70. The van der Waals surface area contributed by atoms with Gasteiger partial charge in [0.1, 0.15) is 0 Å². The average Bonchev–Trinajstić information content (AvgIpc) is 2.38. The first-order chi connectivity index (χ1) is 5.66. The van der Waals surface area contributed by atoms with Crippen LogP contribution in [0.1, 0.15) is 33.6 Å². The molecule has 0 aliphatic carbocycles. The Kier molecular flexibility index (Phi) is 3.53. The van der Waals surface area contributed by atoms with Crippen LogP contribution in [-0.4, -0.2) is 30.1 Å². The Morgan fingerprint density at radius 3 is 2.50 bits per heavy atom. The third-order valence-corrected chi connectivity index (χ3v) is 3.04. The lowest BCUT2D eigenvalue weighted by Gasteiger charge is -2.33. The predicted molar refractivity (Wildman–Crippen MR) is 53.1 cm³/mol. The summed E-state index contributed by atoms with van der Waals surface area (Å²) in [6.45, 7) is 8.91. The lowest BCUT2D eigenvalue weighted by molar-refractivity contribution is 0.154. The molecule has 1 aliphatic heterocycles. The van der Waals surface area contributed by atoms with Crippen molar-refractivity contribution in [3.63, 3.8) is 0 Å². The zero-order valence-electron chi connectivity index (χ0n) is 8.59. The summed E-state index contributed by atoms with van der Waals surface area (Å²) < 4.78 is 0. The molecule has 0 saturated carbocycles. The second kappa shape index (κ2) is 4.24. The van der Waals surface area contributed by atoms with Crippen molar-refractivity contribution >= 4 is 0 Å². The molecule has 1 fully saturated rings. The van der Waals surface area contributed by atoms with E-state index in [0.717, 1.165) is 12.6 Å². The monoisotopic (exact) mass is 170 g/mol. The van der Waals surface area contributed by atoms with Crippen LogP contribution in [0.4, 0.5) is 0 Å². The molecule has 0 amide bonds. The van der Waals surface area contributed by atoms with Crippen LogP contribution in [0.2, 0.25) is 0 Å². The number of hydrogen-bond donors (Lipinski definition) is 1. The molecule has 0 radical (unpaired) electrons. The minimum absolute atomic E-state index is 0.600. The Morgan fingerprint density at radius 1 is 1.50 bits per heavy atom. The van der Waals surface area contributed by atoms with E-state index in [-0.39, 0.29) is 0 Å². The van der Waals surface area contributed by atoms with Crippen molar-refractivity contribution in [1.29, 1.82) is 0 Å². The molecule has 1 rings (SSSR count). The fraction of sp³-hybridized carbons (Fsp3) is 1.00. The molecular weight excluding hydrogens is 148 g/mol. The number of nitrogens with two attached hydrogens (primary N) is 1. The van der Waals surface area contributed by atoms with E-state index in [1.807, 2.05) is 0 Å². The third-order valence-electron chi connectivity index (χ3n) is 3.04. The molecule has 2 unspecified atom stereocenters. The second-order valence-electron chi connectivity index (χ2n) is 4.28. The summed E-state index contributed by atoms with van der Waals surface area (Å²) in [7, 11) is 0. The van der Waals surface area contributed by atoms with Crippen molar-refractivity contribution < 1.29 is 0 Å². The van der Waals surface area contributed by atoms with Gasteiger partial charge in [-0.2, -0.15) is 0 Å². The highest BCUT2D eigenvalue weighted by molar-refractivity contribution is 4.84. The molecule has 1 saturated heterocycles. The molecule has 12 heavy (non-hydrogen) atoms. The van der Waals surface area contributed by atoms with Crippen molar-refractivity contribution in [2.75, 3.05) is 13.1 Å². The van der Waals surface area contributed by atoms with Gasteiger partial charge < -0.3 is 5.73 Å². The molecule has 2 N–H and O–H groups in total. The molecule has 2 atom stereocenters. The molecule has 0 aromatic carbocycles. The highest BCUT2D eigenvalue weighted by Crippen LogP contribution is 2.22. The Labute approximate surface area is 76.1 Å². The summed E-state index contributed by atoms with van der Waals surface area (Å²) in [5.74, 6) is 0.690. The molecule has 2 heteroatoms. The predicted octanol–water partition coefficient (Wildman–Crippen LogP) is 1.45. The molecule has 1 aliphatic rings. The van der Waals surface area contributed by atoms with Gasteiger partial charge >= 0.3 is 0 Å². The van der Waals surface area contributed by atoms with Crippen molar-refractivity contribution in [2.24, 2.45) is 11.7 Å². The Balaban J connectivity index is 2.52. The Morgan fingerprint density at radius 2 is 2.17 bits per heavy atom. The lowest BCUT2D eigenvalue weighted by Crippen LogP contribution is -2.45. The normalized spacial score (nSPS) is 28.2. The highest BCUT2D eigenvalue weighted by Gasteiger charge is 2.28. The molecular formula is C10H22N2. The van der Waals surface area contributed by atoms with E-state index in [2.05, 4.69) is 25.7 Å². The van der Waals surface area contributed by atoms with Crippen molar-refractivity contribution in [2.45, 2.75) is 45.7 Å². The molecule has 0 spiro atoms. The van der Waals surface area contributed by atoms with Gasteiger partial charge in [-0.15, -0.1) is 0 Å². The van der Waals surface area contributed by atoms with E-state index in [0.29, 0.717) is 12.0 Å². The van der Waals surface area contributed by atoms with Crippen LogP contribution in [0, 0.1) is 5.92 Å². The topological polar surface area (TPSA) is 29.3 Å². The maximum atomic E-state index is 5.77. The maximum Gasteiger partial charge on any atom is 0.0244 e. The van der Waals surface area contributed by atoms with Crippen molar-refractivity contribution in [1.82, 2.24) is 4.90 Å². The summed E-state index contributed by atoms with van der Waals surface area (Å²) in [4.78, 5) is 2.57. The first-order valence-electron chi connectivity index (χ1n) is 5.12. The zero-order valence-corrected chi connectivity index (χ0v) is 8.59. The standard InChI is InChI=1S/C10H22N2/c1-8(2)10(7-11)12-6-4-5-9(12)3/h8-10H,4-7,11H2,1-3H3. The van der Waals surface area contributed by atoms with Gasteiger partial charge in [0.05, 0.1) is 0 Å². The van der Waals surface area contributed by atoms with Gasteiger partial charge in [-0.25, -0.2) is 0 Å². The number of rotatable bonds is 3. The van der Waals surface area contributed by atoms with Crippen LogP contribution in [0.15, 0.2) is 0 Å². The fourth-order valence-corrected chi connectivity index (χ4v) is 2.24. The minimum atomic E-state index is 0.600. The van der Waals surface area contributed by atoms with Gasteiger partial charge in [-0.3, -0.25) is 4.90 Å². The van der Waals surface area contributed by atoms with Gasteiger partial charge in [0.25, 0.3) is 0 Å². The first kappa shape index (κ1) is 10.0. The van der Waals surface area contributed by atoms with Crippen molar-refractivity contribution in [3.05, 3.63) is 0 Å². The van der Waals surface area contributed by atoms with Crippen LogP contribution >= 0.6 is 0 Å². The van der Waals surface area contributed by atoms with E-state index in [1.54, 1.807) is 0 Å². The number of likely N-dealkylation sites (tertiary alicyclic amines) is 1. The highest BCUT2D eigenvalue weighted by atomic mass is 15.2. The minimum Gasteiger partial charge on any atom is -0.329 e. The van der Waals surface area contributed by atoms with Gasteiger partial charge in [-0.1, -0.05) is 13.8 Å². The molecule has 2 nitrogen and oxygen atoms in total. The van der Waals surface area contributed by atoms with Crippen LogP contribution in [0.3, 0.4) is 0 Å². The average molecular weight is 170 g/mol. The van der Waals surface area contributed by atoms with Gasteiger partial charge in [0.2, 0.25) is 0 Å². The molecule has 72 valence electrons. The van der Waals surface area contributed by atoms with Crippen LogP contribution in [-0.2, 0) is 0 Å². The lowest BCUT2D eigenvalue weighted by atomic mass is 10.0. The third kappa shape index (κ3) is 1.99. The van der Waals surface area contributed by atoms with Crippen molar-refractivity contribution in [3.8, 4) is 0 Å².